The Morgan fingerprint density at radius 1 is 0.717 bits per heavy atom. The van der Waals surface area contributed by atoms with Gasteiger partial charge < -0.3 is 29.1 Å². The molecule has 8 nitrogen and oxygen atoms in total. The number of fused-ring (bicyclic) bond motifs is 1. The standard InChI is InChI=1S/C37H36FNO7/c1-3-42-34(40)19-25-10-5-7-14-32(25)44-22-24-16-28-18-29(23-45-33-15-8-6-11-26(33)20-35(41)43-4-2)46-37(28)31(17-24)30-13-9-12-27(21-39)36(30)38/h5-18H,3-4,19-23,39H2,1-2H3. The van der Waals surface area contributed by atoms with Crippen LogP contribution >= 0.6 is 0 Å². The summed E-state index contributed by atoms with van der Waals surface area (Å²) in [5.74, 6) is 0.493. The van der Waals surface area contributed by atoms with Gasteiger partial charge >= 0.3 is 11.9 Å². The lowest BCUT2D eigenvalue weighted by molar-refractivity contribution is -0.143. The molecule has 4 aromatic carbocycles. The van der Waals surface area contributed by atoms with E-state index in [0.29, 0.717) is 63.9 Å². The molecule has 0 spiro atoms. The fourth-order valence-corrected chi connectivity index (χ4v) is 5.19. The number of hydrogen-bond donors (Lipinski definition) is 1. The normalized spacial score (nSPS) is 11.0. The van der Waals surface area contributed by atoms with Crippen LogP contribution < -0.4 is 15.2 Å². The predicted molar refractivity (Wildman–Crippen MR) is 172 cm³/mol. The molecule has 0 atom stereocenters. The van der Waals surface area contributed by atoms with E-state index in [0.717, 1.165) is 10.9 Å². The number of carbonyl (C=O) groups is 2. The molecule has 1 aromatic heterocycles. The molecule has 0 aliphatic rings. The molecule has 0 saturated carbocycles. The van der Waals surface area contributed by atoms with Gasteiger partial charge in [-0.25, -0.2) is 4.39 Å². The van der Waals surface area contributed by atoms with Crippen molar-refractivity contribution in [2.75, 3.05) is 13.2 Å². The lowest BCUT2D eigenvalue weighted by Gasteiger charge is -2.13. The number of esters is 2. The van der Waals surface area contributed by atoms with Gasteiger partial charge in [-0.1, -0.05) is 54.6 Å². The smallest absolute Gasteiger partial charge is 0.310 e. The molecular weight excluding hydrogens is 589 g/mol. The average molecular weight is 626 g/mol. The van der Waals surface area contributed by atoms with E-state index in [9.17, 15) is 9.59 Å². The van der Waals surface area contributed by atoms with Crippen LogP contribution in [0.4, 0.5) is 4.39 Å². The highest BCUT2D eigenvalue weighted by atomic mass is 19.1. The number of rotatable bonds is 14. The zero-order chi connectivity index (χ0) is 32.5. The molecule has 0 fully saturated rings. The number of nitrogens with two attached hydrogens (primary N) is 1. The molecule has 238 valence electrons. The van der Waals surface area contributed by atoms with Crippen molar-refractivity contribution < 1.29 is 37.3 Å². The van der Waals surface area contributed by atoms with Crippen molar-refractivity contribution in [1.29, 1.82) is 0 Å². The Labute approximate surface area is 266 Å². The van der Waals surface area contributed by atoms with Crippen molar-refractivity contribution >= 4 is 22.9 Å². The summed E-state index contributed by atoms with van der Waals surface area (Å²) in [6.45, 7) is 4.39. The number of benzene rings is 4. The lowest BCUT2D eigenvalue weighted by atomic mass is 9.98. The van der Waals surface area contributed by atoms with Crippen molar-refractivity contribution in [2.24, 2.45) is 5.73 Å². The van der Waals surface area contributed by atoms with Gasteiger partial charge in [-0.15, -0.1) is 0 Å². The van der Waals surface area contributed by atoms with Gasteiger partial charge in [-0.2, -0.15) is 0 Å². The molecule has 0 aliphatic carbocycles. The molecule has 0 amide bonds. The maximum Gasteiger partial charge on any atom is 0.310 e. The van der Waals surface area contributed by atoms with E-state index in [4.69, 9.17) is 29.1 Å². The zero-order valence-corrected chi connectivity index (χ0v) is 25.8. The van der Waals surface area contributed by atoms with Crippen molar-refractivity contribution in [1.82, 2.24) is 0 Å². The first-order valence-electron chi connectivity index (χ1n) is 15.2. The van der Waals surface area contributed by atoms with E-state index in [1.807, 2.05) is 54.6 Å². The number of ether oxygens (including phenoxy) is 4. The second-order valence-electron chi connectivity index (χ2n) is 10.5. The van der Waals surface area contributed by atoms with Crippen LogP contribution in [-0.2, 0) is 51.7 Å². The van der Waals surface area contributed by atoms with Crippen LogP contribution in [0.15, 0.2) is 89.3 Å². The third-order valence-electron chi connectivity index (χ3n) is 7.31. The Bertz CT molecular complexity index is 1830. The van der Waals surface area contributed by atoms with Crippen LogP contribution in [0.1, 0.15) is 41.9 Å². The minimum absolute atomic E-state index is 0.0469. The third kappa shape index (κ3) is 7.73. The first kappa shape index (κ1) is 32.2. The Morgan fingerprint density at radius 2 is 1.30 bits per heavy atom. The number of carbonyl (C=O) groups excluding carboxylic acids is 2. The van der Waals surface area contributed by atoms with Gasteiger partial charge in [-0.3, -0.25) is 9.59 Å². The van der Waals surface area contributed by atoms with Crippen LogP contribution in [0.25, 0.3) is 22.1 Å². The molecule has 0 bridgehead atoms. The topological polar surface area (TPSA) is 110 Å². The highest BCUT2D eigenvalue weighted by molar-refractivity contribution is 5.94. The van der Waals surface area contributed by atoms with Gasteiger partial charge in [0.15, 0.2) is 0 Å². The van der Waals surface area contributed by atoms with Crippen LogP contribution in [0, 0.1) is 5.82 Å². The highest BCUT2D eigenvalue weighted by Crippen LogP contribution is 2.36. The van der Waals surface area contributed by atoms with Crippen LogP contribution in [0.3, 0.4) is 0 Å². The Morgan fingerprint density at radius 3 is 1.91 bits per heavy atom. The van der Waals surface area contributed by atoms with Crippen LogP contribution in [0.5, 0.6) is 11.5 Å². The first-order chi connectivity index (χ1) is 22.4. The van der Waals surface area contributed by atoms with Crippen molar-refractivity contribution in [2.45, 2.75) is 46.4 Å². The number of furan rings is 1. The van der Waals surface area contributed by atoms with E-state index >= 15 is 4.39 Å². The third-order valence-corrected chi connectivity index (χ3v) is 7.31. The maximum atomic E-state index is 15.6. The average Bonchev–Trinajstić information content (AvgIpc) is 3.47. The molecule has 0 saturated heterocycles. The van der Waals surface area contributed by atoms with Crippen molar-refractivity contribution in [3.8, 4) is 22.6 Å². The number of halogens is 1. The van der Waals surface area contributed by atoms with Gasteiger partial charge in [0, 0.05) is 39.7 Å². The van der Waals surface area contributed by atoms with Gasteiger partial charge in [-0.05, 0) is 49.7 Å². The zero-order valence-electron chi connectivity index (χ0n) is 25.8. The first-order valence-corrected chi connectivity index (χ1v) is 15.2. The second kappa shape index (κ2) is 15.2. The molecule has 1 heterocycles. The van der Waals surface area contributed by atoms with E-state index in [2.05, 4.69) is 0 Å². The van der Waals surface area contributed by atoms with Crippen LogP contribution in [0.2, 0.25) is 0 Å². The Kier molecular flexibility index (Phi) is 10.7. The summed E-state index contributed by atoms with van der Waals surface area (Å²) in [7, 11) is 0. The van der Waals surface area contributed by atoms with Gasteiger partial charge in [0.1, 0.15) is 41.9 Å². The molecule has 46 heavy (non-hydrogen) atoms. The fraction of sp³-hybridized carbons (Fsp3) is 0.243. The monoisotopic (exact) mass is 625 g/mol. The Hall–Kier alpha value is -5.15. The minimum atomic E-state index is -0.425. The highest BCUT2D eigenvalue weighted by Gasteiger charge is 2.19. The van der Waals surface area contributed by atoms with Gasteiger partial charge in [0.2, 0.25) is 0 Å². The molecule has 0 unspecified atom stereocenters. The summed E-state index contributed by atoms with van der Waals surface area (Å²) in [5.41, 5.74) is 9.73. The summed E-state index contributed by atoms with van der Waals surface area (Å²) in [5, 5.41) is 0.729. The summed E-state index contributed by atoms with van der Waals surface area (Å²) >= 11 is 0. The quantitative estimate of drug-likeness (QED) is 0.131. The van der Waals surface area contributed by atoms with Gasteiger partial charge in [0.05, 0.1) is 26.1 Å². The Balaban J connectivity index is 1.46. The second-order valence-corrected chi connectivity index (χ2v) is 10.5. The summed E-state index contributed by atoms with van der Waals surface area (Å²) in [6.07, 6.45) is 0.163. The molecular formula is C37H36FNO7. The number of hydrogen-bond acceptors (Lipinski definition) is 8. The van der Waals surface area contributed by atoms with E-state index in [1.165, 1.54) is 0 Å². The van der Waals surface area contributed by atoms with E-state index in [-0.39, 0.29) is 44.5 Å². The van der Waals surface area contributed by atoms with Crippen LogP contribution in [-0.4, -0.2) is 25.2 Å². The SMILES string of the molecule is CCOC(=O)Cc1ccccc1OCc1cc(-c2cccc(CN)c2F)c2oc(COc3ccccc3CC(=O)OCC)cc2c1. The summed E-state index contributed by atoms with van der Waals surface area (Å²) in [4.78, 5) is 24.3. The maximum absolute atomic E-state index is 15.6. The lowest BCUT2D eigenvalue weighted by Crippen LogP contribution is -2.09. The fourth-order valence-electron chi connectivity index (χ4n) is 5.19. The van der Waals surface area contributed by atoms with Crippen molar-refractivity contribution in [3.63, 3.8) is 0 Å². The molecule has 9 heteroatoms. The van der Waals surface area contributed by atoms with Gasteiger partial charge in [0.25, 0.3) is 0 Å². The molecule has 5 rings (SSSR count). The molecule has 0 radical (unpaired) electrons. The van der Waals surface area contributed by atoms with E-state index in [1.54, 1.807) is 44.2 Å². The largest absolute Gasteiger partial charge is 0.489 e. The summed E-state index contributed by atoms with van der Waals surface area (Å²) in [6, 6.07) is 25.2. The molecule has 0 aliphatic heterocycles. The molecule has 5 aromatic rings. The summed E-state index contributed by atoms with van der Waals surface area (Å²) < 4.78 is 44.3. The molecule has 2 N–H and O–H groups in total. The van der Waals surface area contributed by atoms with Crippen molar-refractivity contribution in [3.05, 3.63) is 119 Å². The predicted octanol–water partition coefficient (Wildman–Crippen LogP) is 7.07. The minimum Gasteiger partial charge on any atom is -0.489 e. The van der Waals surface area contributed by atoms with E-state index < -0.39 is 5.82 Å². The number of para-hydroxylation sites is 2.